The second kappa shape index (κ2) is 7.83. The molecule has 2 aromatic rings. The number of hydrogen-bond acceptors (Lipinski definition) is 6. The zero-order valence-corrected chi connectivity index (χ0v) is 15.2. The number of carbonyl (C=O) groups excluding carboxylic acids is 1. The maximum atomic E-state index is 13.0. The molecule has 0 bridgehead atoms. The number of thioether (sulfide) groups is 1. The molecule has 0 aliphatic carbocycles. The zero-order chi connectivity index (χ0) is 19.6. The summed E-state index contributed by atoms with van der Waals surface area (Å²) in [5.41, 5.74) is 7.74. The van der Waals surface area contributed by atoms with Crippen molar-refractivity contribution >= 4 is 17.7 Å². The smallest absolute Gasteiger partial charge is 0.339 e. The number of aryl methyl sites for hydroxylation is 1. The molecule has 27 heavy (non-hydrogen) atoms. The van der Waals surface area contributed by atoms with E-state index in [2.05, 4.69) is 10.0 Å². The minimum Gasteiger partial charge on any atom is -0.395 e. The van der Waals surface area contributed by atoms with Gasteiger partial charge in [-0.25, -0.2) is 4.79 Å². The molecule has 1 aliphatic heterocycles. The van der Waals surface area contributed by atoms with Crippen LogP contribution in [0.2, 0.25) is 0 Å². The third-order valence-corrected chi connectivity index (χ3v) is 5.90. The number of hydrogen-bond donors (Lipinski definition) is 1. The van der Waals surface area contributed by atoms with Crippen LogP contribution in [0.25, 0.3) is 10.4 Å². The fraction of sp³-hybridized carbons (Fsp3) is 0.353. The van der Waals surface area contributed by atoms with E-state index in [0.717, 1.165) is 0 Å². The summed E-state index contributed by atoms with van der Waals surface area (Å²) >= 11 is 1.28. The first-order valence-corrected chi connectivity index (χ1v) is 9.17. The lowest BCUT2D eigenvalue weighted by molar-refractivity contribution is 0.0947. The van der Waals surface area contributed by atoms with Crippen molar-refractivity contribution < 1.29 is 9.90 Å². The Kier molecular flexibility index (Phi) is 5.50. The Labute approximate surface area is 157 Å². The van der Waals surface area contributed by atoms with Gasteiger partial charge in [-0.2, -0.15) is 4.57 Å². The Balaban J connectivity index is 2.15. The molecule has 1 aromatic heterocycles. The number of aliphatic hydroxyl groups excluding tert-OH is 1. The summed E-state index contributed by atoms with van der Waals surface area (Å²) in [6, 6.07) is 7.48. The maximum absolute atomic E-state index is 13.0. The predicted octanol–water partition coefficient (Wildman–Crippen LogP) is 1.68. The van der Waals surface area contributed by atoms with Crippen LogP contribution in [-0.2, 0) is 0 Å². The summed E-state index contributed by atoms with van der Waals surface area (Å²) < 4.78 is 1.85. The molecule has 1 fully saturated rings. The quantitative estimate of drug-likeness (QED) is 0.484. The fourth-order valence-corrected chi connectivity index (χ4v) is 4.46. The van der Waals surface area contributed by atoms with E-state index in [9.17, 15) is 19.5 Å². The molecule has 10 heteroatoms. The molecule has 0 radical (unpaired) electrons. The molecule has 0 amide bonds. The third-order valence-electron chi connectivity index (χ3n) is 4.35. The lowest BCUT2D eigenvalue weighted by Crippen LogP contribution is -2.46. The van der Waals surface area contributed by atoms with Crippen LogP contribution in [0.5, 0.6) is 0 Å². The van der Waals surface area contributed by atoms with E-state index >= 15 is 0 Å². The van der Waals surface area contributed by atoms with Gasteiger partial charge in [0.05, 0.1) is 18.0 Å². The van der Waals surface area contributed by atoms with Gasteiger partial charge in [0, 0.05) is 27.5 Å². The molecule has 0 saturated carbocycles. The Morgan fingerprint density at radius 1 is 1.37 bits per heavy atom. The molecular formula is C17H17N5O4S. The van der Waals surface area contributed by atoms with Gasteiger partial charge >= 0.3 is 5.69 Å². The van der Waals surface area contributed by atoms with Crippen LogP contribution in [-0.4, -0.2) is 38.0 Å². The largest absolute Gasteiger partial charge is 0.395 e. The maximum Gasteiger partial charge on any atom is 0.339 e. The van der Waals surface area contributed by atoms with Crippen molar-refractivity contribution in [3.05, 3.63) is 78.9 Å². The molecule has 0 spiro atoms. The summed E-state index contributed by atoms with van der Waals surface area (Å²) in [6.45, 7) is 1.38. The van der Waals surface area contributed by atoms with E-state index in [0.29, 0.717) is 11.0 Å². The molecule has 1 aromatic carbocycles. The van der Waals surface area contributed by atoms with Crippen LogP contribution >= 0.6 is 11.8 Å². The van der Waals surface area contributed by atoms with Crippen LogP contribution in [0.3, 0.4) is 0 Å². The van der Waals surface area contributed by atoms with Gasteiger partial charge in [0.15, 0.2) is 0 Å². The van der Waals surface area contributed by atoms with E-state index in [1.54, 1.807) is 18.2 Å². The highest BCUT2D eigenvalue weighted by atomic mass is 32.2. The number of nitrogens with zero attached hydrogens (tertiary/aromatic N) is 5. The molecule has 3 rings (SSSR count). The Bertz CT molecular complexity index is 1030. The van der Waals surface area contributed by atoms with E-state index in [-0.39, 0.29) is 23.0 Å². The van der Waals surface area contributed by atoms with Gasteiger partial charge in [0.25, 0.3) is 11.5 Å². The monoisotopic (exact) mass is 387 g/mol. The van der Waals surface area contributed by atoms with Gasteiger partial charge in [-0.05, 0) is 31.0 Å². The van der Waals surface area contributed by atoms with Crippen molar-refractivity contribution in [3.63, 3.8) is 0 Å². The second-order valence-electron chi connectivity index (χ2n) is 6.15. The first-order chi connectivity index (χ1) is 13.0. The van der Waals surface area contributed by atoms with Crippen molar-refractivity contribution in [2.75, 3.05) is 6.61 Å². The van der Waals surface area contributed by atoms with Gasteiger partial charge in [0.1, 0.15) is 0 Å². The van der Waals surface area contributed by atoms with Crippen LogP contribution in [0.4, 0.5) is 0 Å². The van der Waals surface area contributed by atoms with Crippen LogP contribution < -0.4 is 11.2 Å². The normalized spacial score (nSPS) is 21.6. The van der Waals surface area contributed by atoms with Gasteiger partial charge in [-0.1, -0.05) is 23.3 Å². The fourth-order valence-electron chi connectivity index (χ4n) is 3.04. The van der Waals surface area contributed by atoms with E-state index in [1.807, 2.05) is 0 Å². The Morgan fingerprint density at radius 3 is 2.70 bits per heavy atom. The number of azide groups is 1. The van der Waals surface area contributed by atoms with E-state index < -0.39 is 28.6 Å². The Hall–Kier alpha value is -2.81. The van der Waals surface area contributed by atoms with Gasteiger partial charge in [0.2, 0.25) is 0 Å². The SMILES string of the molecule is Cc1cn([C@@H]2S[C@H](CO)C[C@@H]2N=[N+]=[N-])c(=O)n(C(=O)c2ccccc2)c1=O. The molecule has 2 heterocycles. The highest BCUT2D eigenvalue weighted by Gasteiger charge is 2.36. The lowest BCUT2D eigenvalue weighted by atomic mass is 10.1. The summed E-state index contributed by atoms with van der Waals surface area (Å²) in [5, 5.41) is 12.3. The van der Waals surface area contributed by atoms with Gasteiger partial charge in [-0.3, -0.25) is 14.2 Å². The third kappa shape index (κ3) is 3.55. The van der Waals surface area contributed by atoms with Crippen molar-refractivity contribution in [2.24, 2.45) is 5.11 Å². The van der Waals surface area contributed by atoms with E-state index in [1.165, 1.54) is 41.6 Å². The molecule has 140 valence electrons. The highest BCUT2D eigenvalue weighted by molar-refractivity contribution is 8.00. The summed E-state index contributed by atoms with van der Waals surface area (Å²) in [7, 11) is 0. The number of benzene rings is 1. The average Bonchev–Trinajstić information content (AvgIpc) is 3.08. The molecule has 1 saturated heterocycles. The van der Waals surface area contributed by atoms with Crippen LogP contribution in [0.1, 0.15) is 27.7 Å². The van der Waals surface area contributed by atoms with E-state index in [4.69, 9.17) is 5.53 Å². The Morgan fingerprint density at radius 2 is 2.07 bits per heavy atom. The number of carbonyl (C=O) groups is 1. The van der Waals surface area contributed by atoms with Crippen LogP contribution in [0, 0.1) is 6.92 Å². The molecular weight excluding hydrogens is 370 g/mol. The second-order valence-corrected chi connectivity index (χ2v) is 7.57. The number of aliphatic hydroxyl groups is 1. The molecule has 9 nitrogen and oxygen atoms in total. The number of aromatic nitrogens is 2. The average molecular weight is 387 g/mol. The van der Waals surface area contributed by atoms with Crippen molar-refractivity contribution in [2.45, 2.75) is 30.0 Å². The minimum absolute atomic E-state index is 0.130. The molecule has 1 N–H and O–H groups in total. The topological polar surface area (TPSA) is 130 Å². The lowest BCUT2D eigenvalue weighted by Gasteiger charge is -2.19. The standard InChI is InChI=1S/C17H17N5O4S/c1-10-8-21(16-13(19-20-18)7-12(9-23)27-16)17(26)22(14(10)24)15(25)11-5-3-2-4-6-11/h2-6,8,12-13,16,23H,7,9H2,1H3/t12-,13-,16+/m0/s1. The minimum atomic E-state index is -0.798. The van der Waals surface area contributed by atoms with Crippen LogP contribution in [0.15, 0.2) is 51.2 Å². The molecule has 1 aliphatic rings. The highest BCUT2D eigenvalue weighted by Crippen LogP contribution is 2.42. The van der Waals surface area contributed by atoms with Gasteiger partial charge in [-0.15, -0.1) is 11.8 Å². The summed E-state index contributed by atoms with van der Waals surface area (Å²) in [4.78, 5) is 41.1. The van der Waals surface area contributed by atoms with Crippen molar-refractivity contribution in [3.8, 4) is 0 Å². The first-order valence-electron chi connectivity index (χ1n) is 8.23. The number of rotatable bonds is 4. The molecule has 0 unspecified atom stereocenters. The molecule has 3 atom stereocenters. The summed E-state index contributed by atoms with van der Waals surface area (Å²) in [5.74, 6) is -0.718. The predicted molar refractivity (Wildman–Crippen MR) is 101 cm³/mol. The summed E-state index contributed by atoms with van der Waals surface area (Å²) in [6.07, 6.45) is 1.77. The zero-order valence-electron chi connectivity index (χ0n) is 14.4. The van der Waals surface area contributed by atoms with Crippen molar-refractivity contribution in [1.29, 1.82) is 0 Å². The van der Waals surface area contributed by atoms with Crippen molar-refractivity contribution in [1.82, 2.24) is 9.13 Å². The first kappa shape index (κ1) is 19.0. The van der Waals surface area contributed by atoms with Gasteiger partial charge < -0.3 is 5.11 Å².